The van der Waals surface area contributed by atoms with Gasteiger partial charge in [-0.15, -0.1) is 0 Å². The van der Waals surface area contributed by atoms with Crippen LogP contribution in [0.15, 0.2) is 0 Å². The molecule has 0 aliphatic heterocycles. The Kier molecular flexibility index (Phi) is 36.0. The number of rotatable bonds is 41. The number of phosphoric acid groups is 1. The zero-order chi connectivity index (χ0) is 39.3. The van der Waals surface area contributed by atoms with Crippen molar-refractivity contribution in [2.24, 2.45) is 0 Å². The van der Waals surface area contributed by atoms with Gasteiger partial charge in [-0.05, 0) is 12.8 Å². The van der Waals surface area contributed by atoms with E-state index in [1.807, 2.05) is 21.1 Å². The van der Waals surface area contributed by atoms with Crippen molar-refractivity contribution < 1.29 is 42.1 Å². The molecule has 53 heavy (non-hydrogen) atoms. The summed E-state index contributed by atoms with van der Waals surface area (Å²) < 4.78 is 34.3. The molecule has 0 aliphatic carbocycles. The van der Waals surface area contributed by atoms with Gasteiger partial charge in [0.25, 0.3) is 0 Å². The minimum atomic E-state index is -4.36. The fourth-order valence-electron chi connectivity index (χ4n) is 6.37. The van der Waals surface area contributed by atoms with Crippen LogP contribution >= 0.6 is 7.82 Å². The summed E-state index contributed by atoms with van der Waals surface area (Å²) >= 11 is 0. The first-order valence-corrected chi connectivity index (χ1v) is 23.8. The molecule has 0 aromatic rings. The van der Waals surface area contributed by atoms with E-state index >= 15 is 0 Å². The standard InChI is InChI=1S/C43H86NO8P/c1-6-8-10-12-14-16-18-19-20-21-22-23-24-25-26-28-29-31-33-35-42(45)49-39-41(40-51-53(47,48)50-38-37-44(3,4)5)52-43(46)36-34-32-30-27-17-15-13-11-9-7-2/h41H,6-40H2,1-5H3/p+1/t41-/m0/s1. The summed E-state index contributed by atoms with van der Waals surface area (Å²) in [6.07, 6.45) is 35.8. The number of carbonyl (C=O) groups excluding carboxylic acids is 2. The number of phosphoric ester groups is 1. The highest BCUT2D eigenvalue weighted by molar-refractivity contribution is 7.47. The van der Waals surface area contributed by atoms with Crippen LogP contribution in [0.2, 0.25) is 0 Å². The van der Waals surface area contributed by atoms with Crippen molar-refractivity contribution >= 4 is 19.8 Å². The molecule has 0 aromatic heterocycles. The molecule has 0 fully saturated rings. The van der Waals surface area contributed by atoms with Crippen molar-refractivity contribution in [1.29, 1.82) is 0 Å². The van der Waals surface area contributed by atoms with E-state index in [1.54, 1.807) is 0 Å². The number of likely N-dealkylation sites (N-methyl/N-ethyl adjacent to an activating group) is 1. The van der Waals surface area contributed by atoms with Crippen molar-refractivity contribution in [3.8, 4) is 0 Å². The molecule has 0 rings (SSSR count). The van der Waals surface area contributed by atoms with Gasteiger partial charge in [0.05, 0.1) is 27.7 Å². The largest absolute Gasteiger partial charge is 0.472 e. The number of nitrogens with zero attached hydrogens (tertiary/aromatic N) is 1. The van der Waals surface area contributed by atoms with E-state index in [0.717, 1.165) is 32.1 Å². The van der Waals surface area contributed by atoms with Crippen molar-refractivity contribution in [3.05, 3.63) is 0 Å². The van der Waals surface area contributed by atoms with Crippen LogP contribution in [0.4, 0.5) is 0 Å². The third-order valence-corrected chi connectivity index (χ3v) is 10.9. The van der Waals surface area contributed by atoms with Gasteiger partial charge in [-0.1, -0.05) is 187 Å². The monoisotopic (exact) mass is 777 g/mol. The lowest BCUT2D eigenvalue weighted by Gasteiger charge is -2.24. The molecule has 0 saturated heterocycles. The van der Waals surface area contributed by atoms with Gasteiger partial charge in [0.1, 0.15) is 19.8 Å². The second-order valence-electron chi connectivity index (χ2n) is 16.5. The number of hydrogen-bond acceptors (Lipinski definition) is 7. The molecule has 10 heteroatoms. The van der Waals surface area contributed by atoms with Crippen LogP contribution in [0.5, 0.6) is 0 Å². The van der Waals surface area contributed by atoms with Crippen molar-refractivity contribution in [1.82, 2.24) is 0 Å². The maximum absolute atomic E-state index is 12.6. The normalized spacial score (nSPS) is 13.5. The third-order valence-electron chi connectivity index (χ3n) is 9.89. The Balaban J connectivity index is 4.21. The summed E-state index contributed by atoms with van der Waals surface area (Å²) in [4.78, 5) is 35.3. The second kappa shape index (κ2) is 36.6. The van der Waals surface area contributed by atoms with Crippen molar-refractivity contribution in [3.63, 3.8) is 0 Å². The Labute approximate surface area is 327 Å². The predicted molar refractivity (Wildman–Crippen MR) is 220 cm³/mol. The summed E-state index contributed by atoms with van der Waals surface area (Å²) in [5, 5.41) is 0. The number of carbonyl (C=O) groups is 2. The molecule has 0 spiro atoms. The van der Waals surface area contributed by atoms with E-state index in [4.69, 9.17) is 18.5 Å². The van der Waals surface area contributed by atoms with E-state index in [9.17, 15) is 19.0 Å². The van der Waals surface area contributed by atoms with Crippen LogP contribution in [0.1, 0.15) is 213 Å². The lowest BCUT2D eigenvalue weighted by molar-refractivity contribution is -0.870. The van der Waals surface area contributed by atoms with Gasteiger partial charge < -0.3 is 18.9 Å². The summed E-state index contributed by atoms with van der Waals surface area (Å²) in [7, 11) is 1.49. The highest BCUT2D eigenvalue weighted by atomic mass is 31.2. The minimum Gasteiger partial charge on any atom is -0.462 e. The molecule has 0 bridgehead atoms. The summed E-state index contributed by atoms with van der Waals surface area (Å²) in [6, 6.07) is 0. The molecular weight excluding hydrogens is 689 g/mol. The second-order valence-corrected chi connectivity index (χ2v) is 17.9. The molecule has 0 heterocycles. The van der Waals surface area contributed by atoms with Crippen LogP contribution in [0.3, 0.4) is 0 Å². The van der Waals surface area contributed by atoms with Gasteiger partial charge in [-0.25, -0.2) is 4.57 Å². The van der Waals surface area contributed by atoms with Crippen LogP contribution in [-0.2, 0) is 32.7 Å². The highest BCUT2D eigenvalue weighted by Crippen LogP contribution is 2.43. The molecule has 1 unspecified atom stereocenters. The van der Waals surface area contributed by atoms with Gasteiger partial charge >= 0.3 is 19.8 Å². The number of quaternary nitrogens is 1. The van der Waals surface area contributed by atoms with Gasteiger partial charge in [0.2, 0.25) is 0 Å². The average molecular weight is 777 g/mol. The number of hydrogen-bond donors (Lipinski definition) is 1. The van der Waals surface area contributed by atoms with Crippen molar-refractivity contribution in [2.75, 3.05) is 47.5 Å². The quantitative estimate of drug-likeness (QED) is 0.0283. The Bertz CT molecular complexity index is 881. The fraction of sp³-hybridized carbons (Fsp3) is 0.953. The van der Waals surface area contributed by atoms with Gasteiger partial charge in [-0.2, -0.15) is 0 Å². The molecule has 1 N–H and O–H groups in total. The van der Waals surface area contributed by atoms with E-state index in [0.29, 0.717) is 23.9 Å². The summed E-state index contributed by atoms with van der Waals surface area (Å²) in [5.41, 5.74) is 0. The number of unbranched alkanes of at least 4 members (excludes halogenated alkanes) is 27. The Morgan fingerprint density at radius 1 is 0.509 bits per heavy atom. The molecular formula is C43H87NO8P+. The first-order chi connectivity index (χ1) is 25.5. The summed E-state index contributed by atoms with van der Waals surface area (Å²) in [6.45, 7) is 4.44. The highest BCUT2D eigenvalue weighted by Gasteiger charge is 2.27. The fourth-order valence-corrected chi connectivity index (χ4v) is 7.11. The zero-order valence-corrected chi connectivity index (χ0v) is 36.4. The molecule has 2 atom stereocenters. The molecule has 0 saturated carbocycles. The van der Waals surface area contributed by atoms with Crippen LogP contribution < -0.4 is 0 Å². The molecule has 9 nitrogen and oxygen atoms in total. The van der Waals surface area contributed by atoms with Crippen LogP contribution in [-0.4, -0.2) is 74.9 Å². The first-order valence-electron chi connectivity index (χ1n) is 22.3. The minimum absolute atomic E-state index is 0.0366. The van der Waals surface area contributed by atoms with E-state index in [-0.39, 0.29) is 25.6 Å². The van der Waals surface area contributed by atoms with Crippen LogP contribution in [0.25, 0.3) is 0 Å². The van der Waals surface area contributed by atoms with Gasteiger partial charge in [0.15, 0.2) is 6.10 Å². The van der Waals surface area contributed by atoms with Crippen LogP contribution in [0, 0.1) is 0 Å². The number of ether oxygens (including phenoxy) is 2. The molecule has 0 amide bonds. The van der Waals surface area contributed by atoms with Crippen molar-refractivity contribution in [2.45, 2.75) is 219 Å². The number of esters is 2. The molecule has 0 radical (unpaired) electrons. The molecule has 0 aliphatic rings. The summed E-state index contributed by atoms with van der Waals surface area (Å²) in [5.74, 6) is -0.786. The Morgan fingerprint density at radius 2 is 0.849 bits per heavy atom. The topological polar surface area (TPSA) is 108 Å². The van der Waals surface area contributed by atoms with E-state index in [1.165, 1.54) is 148 Å². The first kappa shape index (κ1) is 52.0. The lowest BCUT2D eigenvalue weighted by atomic mass is 10.0. The molecule has 316 valence electrons. The van der Waals surface area contributed by atoms with E-state index < -0.39 is 26.5 Å². The Hall–Kier alpha value is -0.990. The predicted octanol–water partition coefficient (Wildman–Crippen LogP) is 12.4. The van der Waals surface area contributed by atoms with Gasteiger partial charge in [-0.3, -0.25) is 18.6 Å². The molecule has 0 aromatic carbocycles. The zero-order valence-electron chi connectivity index (χ0n) is 35.5. The maximum atomic E-state index is 12.6. The smallest absolute Gasteiger partial charge is 0.462 e. The third kappa shape index (κ3) is 40.5. The average Bonchev–Trinajstić information content (AvgIpc) is 3.10. The maximum Gasteiger partial charge on any atom is 0.472 e. The van der Waals surface area contributed by atoms with Gasteiger partial charge in [0, 0.05) is 12.8 Å². The Morgan fingerprint density at radius 3 is 1.21 bits per heavy atom. The lowest BCUT2D eigenvalue weighted by Crippen LogP contribution is -2.37. The van der Waals surface area contributed by atoms with E-state index in [2.05, 4.69) is 13.8 Å². The SMILES string of the molecule is CCCCCCCCCCCCCCCCCCCCCC(=O)OC[C@@H](COP(=O)(O)OCC[N+](C)(C)C)OC(=O)CCCCCCCCCCCC.